The first-order chi connectivity index (χ1) is 8.21. The molecule has 0 amide bonds. The Labute approximate surface area is 111 Å². The largest absolute Gasteiger partial charge is 0.352 e. The second kappa shape index (κ2) is 4.11. The molecule has 1 aromatic heterocycles. The third-order valence-corrected chi connectivity index (χ3v) is 4.12. The standard InChI is InChI=1S/C9H6Cl2N2O4S/c1-4-9(18(11,16)17)6-2-5(10)3-7(13(14)15)8(6)12-4/h2-3,12H,1H3. The Balaban J connectivity index is 3.01. The fourth-order valence-corrected chi connectivity index (χ4v) is 3.46. The van der Waals surface area contributed by atoms with Gasteiger partial charge in [0.05, 0.1) is 4.92 Å². The Hall–Kier alpha value is -1.31. The Kier molecular flexibility index (Phi) is 3.00. The maximum atomic E-state index is 11.5. The van der Waals surface area contributed by atoms with E-state index in [0.29, 0.717) is 0 Å². The number of fused-ring (bicyclic) bond motifs is 1. The van der Waals surface area contributed by atoms with Gasteiger partial charge in [-0.3, -0.25) is 10.1 Å². The number of aromatic nitrogens is 1. The fourth-order valence-electron chi connectivity index (χ4n) is 1.81. The molecule has 0 aliphatic heterocycles. The third-order valence-electron chi connectivity index (χ3n) is 2.42. The van der Waals surface area contributed by atoms with Crippen LogP contribution in [0.5, 0.6) is 0 Å². The molecule has 6 nitrogen and oxygen atoms in total. The van der Waals surface area contributed by atoms with Crippen molar-refractivity contribution in [1.29, 1.82) is 0 Å². The van der Waals surface area contributed by atoms with Crippen LogP contribution >= 0.6 is 22.3 Å². The highest BCUT2D eigenvalue weighted by Crippen LogP contribution is 2.36. The van der Waals surface area contributed by atoms with E-state index in [1.807, 2.05) is 0 Å². The van der Waals surface area contributed by atoms with Crippen molar-refractivity contribution in [3.8, 4) is 0 Å². The molecule has 0 unspecified atom stereocenters. The number of halogens is 2. The maximum absolute atomic E-state index is 11.5. The summed E-state index contributed by atoms with van der Waals surface area (Å²) < 4.78 is 22.9. The minimum atomic E-state index is -4.02. The van der Waals surface area contributed by atoms with Crippen LogP contribution in [0.25, 0.3) is 10.9 Å². The molecule has 0 aliphatic carbocycles. The number of non-ortho nitro benzene ring substituents is 1. The number of hydrogen-bond acceptors (Lipinski definition) is 4. The number of rotatable bonds is 2. The first-order valence-corrected chi connectivity index (χ1v) is 7.31. The summed E-state index contributed by atoms with van der Waals surface area (Å²) in [5.74, 6) is 0. The van der Waals surface area contributed by atoms with Crippen LogP contribution in [-0.4, -0.2) is 18.3 Å². The van der Waals surface area contributed by atoms with E-state index in [0.717, 1.165) is 6.07 Å². The van der Waals surface area contributed by atoms with E-state index in [1.54, 1.807) is 0 Å². The first kappa shape index (κ1) is 13.1. The average Bonchev–Trinajstić information content (AvgIpc) is 2.51. The lowest BCUT2D eigenvalue weighted by atomic mass is 10.2. The van der Waals surface area contributed by atoms with Crippen molar-refractivity contribution in [3.63, 3.8) is 0 Å². The molecule has 1 heterocycles. The number of hydrogen-bond donors (Lipinski definition) is 1. The van der Waals surface area contributed by atoms with E-state index in [2.05, 4.69) is 4.98 Å². The zero-order chi connectivity index (χ0) is 13.7. The second-order valence-electron chi connectivity index (χ2n) is 3.62. The number of H-pyrrole nitrogens is 1. The Morgan fingerprint density at radius 2 is 2.00 bits per heavy atom. The van der Waals surface area contributed by atoms with Gasteiger partial charge < -0.3 is 4.98 Å². The summed E-state index contributed by atoms with van der Waals surface area (Å²) in [6, 6.07) is 2.47. The van der Waals surface area contributed by atoms with Crippen LogP contribution < -0.4 is 0 Å². The molecule has 0 atom stereocenters. The number of nitrogens with zero attached hydrogens (tertiary/aromatic N) is 1. The zero-order valence-corrected chi connectivity index (χ0v) is 11.2. The van der Waals surface area contributed by atoms with Gasteiger partial charge in [-0.05, 0) is 13.0 Å². The lowest BCUT2D eigenvalue weighted by Gasteiger charge is -1.97. The molecule has 1 aromatic carbocycles. The second-order valence-corrected chi connectivity index (χ2v) is 6.56. The lowest BCUT2D eigenvalue weighted by Crippen LogP contribution is -1.92. The summed E-state index contributed by atoms with van der Waals surface area (Å²) in [6.07, 6.45) is 0. The zero-order valence-electron chi connectivity index (χ0n) is 8.90. The van der Waals surface area contributed by atoms with Crippen molar-refractivity contribution in [3.05, 3.63) is 33.0 Å². The van der Waals surface area contributed by atoms with Gasteiger partial charge in [-0.25, -0.2) is 8.42 Å². The minimum Gasteiger partial charge on any atom is -0.352 e. The number of aryl methyl sites for hydroxylation is 1. The summed E-state index contributed by atoms with van der Waals surface area (Å²) in [5, 5.41) is 11.1. The average molecular weight is 309 g/mol. The van der Waals surface area contributed by atoms with Crippen LogP contribution in [0.1, 0.15) is 5.69 Å². The molecule has 0 saturated carbocycles. The predicted octanol–water partition coefficient (Wildman–Crippen LogP) is 2.97. The SMILES string of the molecule is Cc1[nH]c2c([N+](=O)[O-])cc(Cl)cc2c1S(=O)(=O)Cl. The van der Waals surface area contributed by atoms with Crippen molar-refractivity contribution < 1.29 is 13.3 Å². The summed E-state index contributed by atoms with van der Waals surface area (Å²) in [7, 11) is 1.29. The molecule has 2 aromatic rings. The van der Waals surface area contributed by atoms with Gasteiger partial charge in [0.15, 0.2) is 0 Å². The predicted molar refractivity (Wildman–Crippen MR) is 67.7 cm³/mol. The van der Waals surface area contributed by atoms with Crippen molar-refractivity contribution in [2.45, 2.75) is 11.8 Å². The Morgan fingerprint density at radius 3 is 2.50 bits per heavy atom. The molecule has 0 spiro atoms. The molecular formula is C9H6Cl2N2O4S. The van der Waals surface area contributed by atoms with Gasteiger partial charge in [-0.15, -0.1) is 0 Å². The fraction of sp³-hybridized carbons (Fsp3) is 0.111. The molecule has 9 heteroatoms. The summed E-state index contributed by atoms with van der Waals surface area (Å²) in [4.78, 5) is 12.7. The number of nitro groups is 1. The van der Waals surface area contributed by atoms with Gasteiger partial charge in [0, 0.05) is 32.9 Å². The van der Waals surface area contributed by atoms with Crippen molar-refractivity contribution in [1.82, 2.24) is 4.98 Å². The van der Waals surface area contributed by atoms with E-state index in [4.69, 9.17) is 22.3 Å². The molecule has 18 heavy (non-hydrogen) atoms. The molecule has 0 saturated heterocycles. The molecule has 0 fully saturated rings. The van der Waals surface area contributed by atoms with Gasteiger partial charge in [0.25, 0.3) is 14.7 Å². The van der Waals surface area contributed by atoms with Gasteiger partial charge in [-0.1, -0.05) is 11.6 Å². The van der Waals surface area contributed by atoms with Gasteiger partial charge in [0.2, 0.25) is 0 Å². The van der Waals surface area contributed by atoms with Gasteiger partial charge in [0.1, 0.15) is 10.4 Å². The van der Waals surface area contributed by atoms with E-state index in [9.17, 15) is 18.5 Å². The minimum absolute atomic E-state index is 0.0646. The van der Waals surface area contributed by atoms with Crippen LogP contribution in [0, 0.1) is 17.0 Å². The molecule has 0 aliphatic rings. The maximum Gasteiger partial charge on any atom is 0.294 e. The quantitative estimate of drug-likeness (QED) is 0.524. The summed E-state index contributed by atoms with van der Waals surface area (Å²) in [6.45, 7) is 1.47. The van der Waals surface area contributed by atoms with Crippen LogP contribution in [0.15, 0.2) is 17.0 Å². The highest BCUT2D eigenvalue weighted by molar-refractivity contribution is 8.14. The van der Waals surface area contributed by atoms with E-state index < -0.39 is 14.0 Å². The topological polar surface area (TPSA) is 93.1 Å². The third kappa shape index (κ3) is 2.05. The molecule has 0 radical (unpaired) electrons. The summed E-state index contributed by atoms with van der Waals surface area (Å²) >= 11 is 5.74. The van der Waals surface area contributed by atoms with Crippen molar-refractivity contribution >= 4 is 47.9 Å². The van der Waals surface area contributed by atoms with Crippen LogP contribution in [0.2, 0.25) is 5.02 Å². The number of aromatic amines is 1. The van der Waals surface area contributed by atoms with Crippen LogP contribution in [0.3, 0.4) is 0 Å². The first-order valence-electron chi connectivity index (χ1n) is 4.62. The van der Waals surface area contributed by atoms with Crippen molar-refractivity contribution in [2.75, 3.05) is 0 Å². The Bertz CT molecular complexity index is 766. The van der Waals surface area contributed by atoms with Crippen LogP contribution in [0.4, 0.5) is 5.69 Å². The Morgan fingerprint density at radius 1 is 1.39 bits per heavy atom. The number of nitro benzene ring substituents is 1. The molecule has 1 N–H and O–H groups in total. The van der Waals surface area contributed by atoms with Crippen molar-refractivity contribution in [2.24, 2.45) is 0 Å². The molecule has 2 rings (SSSR count). The van der Waals surface area contributed by atoms with Gasteiger partial charge >= 0.3 is 0 Å². The highest BCUT2D eigenvalue weighted by Gasteiger charge is 2.25. The monoisotopic (exact) mass is 308 g/mol. The number of benzene rings is 1. The van der Waals surface area contributed by atoms with E-state index in [-0.39, 0.29) is 32.2 Å². The lowest BCUT2D eigenvalue weighted by molar-refractivity contribution is -0.383. The normalized spacial score (nSPS) is 11.9. The van der Waals surface area contributed by atoms with E-state index in [1.165, 1.54) is 13.0 Å². The molecule has 96 valence electrons. The van der Waals surface area contributed by atoms with Crippen LogP contribution in [-0.2, 0) is 9.05 Å². The highest BCUT2D eigenvalue weighted by atomic mass is 35.7. The van der Waals surface area contributed by atoms with E-state index >= 15 is 0 Å². The molecule has 0 bridgehead atoms. The molecular weight excluding hydrogens is 303 g/mol. The number of nitrogens with one attached hydrogen (secondary N) is 1. The smallest absolute Gasteiger partial charge is 0.294 e. The van der Waals surface area contributed by atoms with Gasteiger partial charge in [-0.2, -0.15) is 0 Å². The summed E-state index contributed by atoms with van der Waals surface area (Å²) in [5.41, 5.74) is 0.0126.